The molecular weight excluding hydrogens is 918 g/mol. The van der Waals surface area contributed by atoms with Crippen LogP contribution in [0.1, 0.15) is 322 Å². The van der Waals surface area contributed by atoms with Gasteiger partial charge in [0, 0.05) is 12.8 Å². The summed E-state index contributed by atoms with van der Waals surface area (Å²) in [5, 5.41) is 0. The number of hydrogen-bond donors (Lipinski definition) is 1. The van der Waals surface area contributed by atoms with Crippen molar-refractivity contribution in [3.05, 3.63) is 12.2 Å². The van der Waals surface area contributed by atoms with Gasteiger partial charge >= 0.3 is 19.8 Å². The summed E-state index contributed by atoms with van der Waals surface area (Å²) in [4.78, 5) is 35.6. The third-order valence-electron chi connectivity index (χ3n) is 14.3. The van der Waals surface area contributed by atoms with E-state index in [9.17, 15) is 19.0 Å². The molecule has 0 rings (SSSR count). The van der Waals surface area contributed by atoms with Crippen molar-refractivity contribution in [1.29, 1.82) is 0 Å². The van der Waals surface area contributed by atoms with Crippen LogP contribution in [0.4, 0.5) is 0 Å². The highest BCUT2D eigenvalue weighted by Gasteiger charge is 2.27. The van der Waals surface area contributed by atoms with Crippen LogP contribution in [-0.4, -0.2) is 74.9 Å². The fraction of sp³-hybridized carbons (Fsp3) is 0.935. The number of hydrogen-bond acceptors (Lipinski definition) is 7. The highest BCUT2D eigenvalue weighted by Crippen LogP contribution is 2.43. The lowest BCUT2D eigenvalue weighted by Gasteiger charge is -2.24. The minimum atomic E-state index is -4.37. The Bertz CT molecular complexity index is 1220. The topological polar surface area (TPSA) is 108 Å². The van der Waals surface area contributed by atoms with E-state index in [1.807, 2.05) is 21.1 Å². The van der Waals surface area contributed by atoms with Gasteiger partial charge in [0.15, 0.2) is 6.10 Å². The van der Waals surface area contributed by atoms with Crippen LogP contribution in [0.15, 0.2) is 12.2 Å². The van der Waals surface area contributed by atoms with E-state index in [1.54, 1.807) is 0 Å². The van der Waals surface area contributed by atoms with Crippen molar-refractivity contribution in [2.45, 2.75) is 328 Å². The average Bonchev–Trinajstić information content (AvgIpc) is 3.34. The smallest absolute Gasteiger partial charge is 0.462 e. The van der Waals surface area contributed by atoms with Crippen LogP contribution in [0.25, 0.3) is 0 Å². The molecule has 10 heteroatoms. The van der Waals surface area contributed by atoms with Crippen LogP contribution >= 0.6 is 7.82 Å². The molecule has 9 nitrogen and oxygen atoms in total. The molecule has 72 heavy (non-hydrogen) atoms. The Labute approximate surface area is 447 Å². The summed E-state index contributed by atoms with van der Waals surface area (Å²) in [5.74, 6) is -0.780. The normalized spacial score (nSPS) is 13.2. The fourth-order valence-electron chi connectivity index (χ4n) is 9.43. The molecule has 428 valence electrons. The monoisotopic (exact) mass is 1040 g/mol. The van der Waals surface area contributed by atoms with Gasteiger partial charge in [-0.05, 0) is 38.5 Å². The second-order valence-electron chi connectivity index (χ2n) is 22.8. The number of rotatable bonds is 59. The first-order chi connectivity index (χ1) is 35.0. The molecule has 0 radical (unpaired) electrons. The summed E-state index contributed by atoms with van der Waals surface area (Å²) in [6, 6.07) is 0. The zero-order valence-corrected chi connectivity index (χ0v) is 49.6. The molecule has 0 spiro atoms. The van der Waals surface area contributed by atoms with E-state index in [0.29, 0.717) is 17.4 Å². The molecule has 1 N–H and O–H groups in total. The summed E-state index contributed by atoms with van der Waals surface area (Å²) < 4.78 is 34.5. The zero-order valence-electron chi connectivity index (χ0n) is 48.7. The first-order valence-corrected chi connectivity index (χ1v) is 32.9. The molecule has 0 aromatic carbocycles. The van der Waals surface area contributed by atoms with Crippen molar-refractivity contribution in [2.24, 2.45) is 0 Å². The number of carbonyl (C=O) groups excluding carboxylic acids is 2. The minimum absolute atomic E-state index is 0.0364. The number of likely N-dealkylation sites (N-methyl/N-ethyl adjacent to an activating group) is 1. The maximum absolute atomic E-state index is 12.8. The van der Waals surface area contributed by atoms with Gasteiger partial charge in [-0.25, -0.2) is 4.57 Å². The molecule has 0 saturated heterocycles. The van der Waals surface area contributed by atoms with Gasteiger partial charge in [-0.3, -0.25) is 18.6 Å². The Morgan fingerprint density at radius 3 is 1.03 bits per heavy atom. The molecular formula is C62H123NO8P+. The van der Waals surface area contributed by atoms with Crippen molar-refractivity contribution in [3.8, 4) is 0 Å². The highest BCUT2D eigenvalue weighted by molar-refractivity contribution is 7.47. The maximum atomic E-state index is 12.8. The average molecular weight is 1040 g/mol. The number of esters is 2. The van der Waals surface area contributed by atoms with E-state index in [2.05, 4.69) is 26.0 Å². The number of allylic oxidation sites excluding steroid dienone is 2. The molecule has 2 atom stereocenters. The van der Waals surface area contributed by atoms with Gasteiger partial charge in [-0.1, -0.05) is 283 Å². The van der Waals surface area contributed by atoms with Crippen molar-refractivity contribution in [1.82, 2.24) is 0 Å². The predicted octanol–water partition coefficient (Wildman–Crippen LogP) is 19.6. The minimum Gasteiger partial charge on any atom is -0.462 e. The zero-order chi connectivity index (χ0) is 52.7. The number of phosphoric acid groups is 1. The summed E-state index contributed by atoms with van der Waals surface area (Å²) in [6.45, 7) is 4.47. The SMILES string of the molecule is CCCCCCCCCC/C=C\CCCCCCCCCCCCCCCCCCCCCCCCCCCC(=O)OC(COC(=O)CCCCCCCCCCCCC)COP(=O)(O)OCC[N+](C)(C)C. The Morgan fingerprint density at radius 2 is 0.708 bits per heavy atom. The van der Waals surface area contributed by atoms with E-state index in [0.717, 1.165) is 38.5 Å². The largest absolute Gasteiger partial charge is 0.472 e. The first-order valence-electron chi connectivity index (χ1n) is 31.4. The summed E-state index contributed by atoms with van der Waals surface area (Å²) in [7, 11) is 1.50. The maximum Gasteiger partial charge on any atom is 0.472 e. The highest BCUT2D eigenvalue weighted by atomic mass is 31.2. The number of unbranched alkanes of at least 4 members (excludes halogenated alkanes) is 43. The fourth-order valence-corrected chi connectivity index (χ4v) is 10.2. The molecule has 0 aliphatic rings. The van der Waals surface area contributed by atoms with E-state index in [1.165, 1.54) is 257 Å². The van der Waals surface area contributed by atoms with E-state index in [-0.39, 0.29) is 25.6 Å². The van der Waals surface area contributed by atoms with Gasteiger partial charge in [0.25, 0.3) is 0 Å². The number of phosphoric ester groups is 1. The number of quaternary nitrogens is 1. The van der Waals surface area contributed by atoms with Gasteiger partial charge in [-0.2, -0.15) is 0 Å². The molecule has 0 saturated carbocycles. The lowest BCUT2D eigenvalue weighted by molar-refractivity contribution is -0.870. The van der Waals surface area contributed by atoms with E-state index < -0.39 is 26.5 Å². The number of nitrogens with zero attached hydrogens (tertiary/aromatic N) is 1. The summed E-state index contributed by atoms with van der Waals surface area (Å²) >= 11 is 0. The molecule has 2 unspecified atom stereocenters. The molecule has 0 heterocycles. The third-order valence-corrected chi connectivity index (χ3v) is 15.3. The molecule has 0 fully saturated rings. The quantitative estimate of drug-likeness (QED) is 0.0211. The Balaban J connectivity index is 3.84. The molecule has 0 bridgehead atoms. The second kappa shape index (κ2) is 54.5. The van der Waals surface area contributed by atoms with Crippen molar-refractivity contribution in [2.75, 3.05) is 47.5 Å². The first kappa shape index (κ1) is 70.8. The van der Waals surface area contributed by atoms with E-state index in [4.69, 9.17) is 18.5 Å². The molecule has 0 aromatic heterocycles. The van der Waals surface area contributed by atoms with Crippen LogP contribution < -0.4 is 0 Å². The van der Waals surface area contributed by atoms with Crippen molar-refractivity contribution in [3.63, 3.8) is 0 Å². The second-order valence-corrected chi connectivity index (χ2v) is 24.3. The summed E-state index contributed by atoms with van der Waals surface area (Å²) in [6.07, 6.45) is 64.7. The molecule has 0 aromatic rings. The van der Waals surface area contributed by atoms with Gasteiger partial charge < -0.3 is 18.9 Å². The van der Waals surface area contributed by atoms with Crippen LogP contribution in [0.3, 0.4) is 0 Å². The lowest BCUT2D eigenvalue weighted by Crippen LogP contribution is -2.37. The van der Waals surface area contributed by atoms with Crippen LogP contribution in [-0.2, 0) is 32.7 Å². The number of carbonyl (C=O) groups is 2. The van der Waals surface area contributed by atoms with Crippen molar-refractivity contribution >= 4 is 19.8 Å². The predicted molar refractivity (Wildman–Crippen MR) is 308 cm³/mol. The molecule has 0 aliphatic heterocycles. The van der Waals surface area contributed by atoms with Crippen LogP contribution in [0.2, 0.25) is 0 Å². The van der Waals surface area contributed by atoms with Gasteiger partial charge in [0.1, 0.15) is 19.8 Å². The van der Waals surface area contributed by atoms with Crippen LogP contribution in [0, 0.1) is 0 Å². The standard InChI is InChI=1S/C62H122NO8P/c1-6-8-10-12-14-16-18-19-20-21-22-23-24-25-26-27-28-29-30-31-32-33-34-35-36-37-38-39-40-41-42-43-45-47-49-51-53-55-62(65)71-60(59-70-72(66,67)69-57-56-63(3,4)5)58-68-61(64)54-52-50-48-46-44-17-15-13-11-9-7-2/h21-22,60H,6-20,23-59H2,1-5H3/p+1/b22-21-. The van der Waals surface area contributed by atoms with E-state index >= 15 is 0 Å². The third kappa shape index (κ3) is 58.0. The lowest BCUT2D eigenvalue weighted by atomic mass is 10.0. The molecule has 0 aliphatic carbocycles. The van der Waals surface area contributed by atoms with Gasteiger partial charge in [-0.15, -0.1) is 0 Å². The number of ether oxygens (including phenoxy) is 2. The van der Waals surface area contributed by atoms with Gasteiger partial charge in [0.05, 0.1) is 27.7 Å². The Morgan fingerprint density at radius 1 is 0.417 bits per heavy atom. The van der Waals surface area contributed by atoms with Gasteiger partial charge in [0.2, 0.25) is 0 Å². The Hall–Kier alpha value is -1.25. The van der Waals surface area contributed by atoms with Crippen LogP contribution in [0.5, 0.6) is 0 Å². The summed E-state index contributed by atoms with van der Waals surface area (Å²) in [5.41, 5.74) is 0. The van der Waals surface area contributed by atoms with Crippen molar-refractivity contribution < 1.29 is 42.1 Å². The Kier molecular flexibility index (Phi) is 53.6. The molecule has 0 amide bonds.